The predicted octanol–water partition coefficient (Wildman–Crippen LogP) is -0.401. The van der Waals surface area contributed by atoms with Crippen LogP contribution < -0.4 is 5.73 Å². The molecule has 4 heteroatoms. The van der Waals surface area contributed by atoms with Crippen molar-refractivity contribution in [2.24, 2.45) is 5.73 Å². The normalized spacial score (nSPS) is 20.1. The Morgan fingerprint density at radius 1 is 1.14 bits per heavy atom. The summed E-state index contributed by atoms with van der Waals surface area (Å²) in [6.07, 6.45) is 0.975. The summed E-state index contributed by atoms with van der Waals surface area (Å²) in [6, 6.07) is 0. The molecule has 84 valence electrons. The van der Waals surface area contributed by atoms with Gasteiger partial charge in [-0.2, -0.15) is 0 Å². The van der Waals surface area contributed by atoms with Crippen molar-refractivity contribution >= 4 is 0 Å². The zero-order valence-electron chi connectivity index (χ0n) is 9.24. The van der Waals surface area contributed by atoms with Gasteiger partial charge in [-0.1, -0.05) is 0 Å². The lowest BCUT2D eigenvalue weighted by Gasteiger charge is -2.32. The van der Waals surface area contributed by atoms with Crippen LogP contribution in [0.5, 0.6) is 0 Å². The topological polar surface area (TPSA) is 41.7 Å². The molecule has 0 unspecified atom stereocenters. The molecule has 4 nitrogen and oxygen atoms in total. The molecule has 0 radical (unpaired) electrons. The van der Waals surface area contributed by atoms with E-state index in [0.29, 0.717) is 0 Å². The summed E-state index contributed by atoms with van der Waals surface area (Å²) in [7, 11) is 2.18. The molecule has 2 N–H and O–H groups in total. The first-order chi connectivity index (χ1) is 6.83. The van der Waals surface area contributed by atoms with Gasteiger partial charge in [0, 0.05) is 39.3 Å². The van der Waals surface area contributed by atoms with Crippen molar-refractivity contribution in [2.75, 3.05) is 59.5 Å². The maximum atomic E-state index is 5.47. The SMILES string of the molecule is CN1CCN(CCOCCCN)CC1. The van der Waals surface area contributed by atoms with Gasteiger partial charge in [0.25, 0.3) is 0 Å². The summed E-state index contributed by atoms with van der Waals surface area (Å²) >= 11 is 0. The van der Waals surface area contributed by atoms with E-state index in [0.717, 1.165) is 32.7 Å². The first-order valence-corrected chi connectivity index (χ1v) is 5.51. The Morgan fingerprint density at radius 2 is 1.86 bits per heavy atom. The number of likely N-dealkylation sites (N-methyl/N-ethyl adjacent to an activating group) is 1. The molecule has 0 aromatic rings. The zero-order chi connectivity index (χ0) is 10.2. The van der Waals surface area contributed by atoms with Crippen LogP contribution in [0.2, 0.25) is 0 Å². The van der Waals surface area contributed by atoms with Gasteiger partial charge in [-0.05, 0) is 20.0 Å². The Labute approximate surface area is 87.0 Å². The van der Waals surface area contributed by atoms with E-state index >= 15 is 0 Å². The molecule has 0 saturated carbocycles. The number of hydrogen-bond donors (Lipinski definition) is 1. The molecule has 0 bridgehead atoms. The molecule has 1 rings (SSSR count). The maximum Gasteiger partial charge on any atom is 0.0593 e. The average molecular weight is 201 g/mol. The van der Waals surface area contributed by atoms with Crippen molar-refractivity contribution < 1.29 is 4.74 Å². The molecular formula is C10H23N3O. The van der Waals surface area contributed by atoms with Crippen LogP contribution >= 0.6 is 0 Å². The van der Waals surface area contributed by atoms with Gasteiger partial charge in [-0.25, -0.2) is 0 Å². The quantitative estimate of drug-likeness (QED) is 0.594. The third-order valence-electron chi connectivity index (χ3n) is 2.64. The van der Waals surface area contributed by atoms with Crippen LogP contribution in [0.25, 0.3) is 0 Å². The van der Waals surface area contributed by atoms with Crippen molar-refractivity contribution in [3.8, 4) is 0 Å². The number of rotatable bonds is 6. The van der Waals surface area contributed by atoms with Crippen LogP contribution in [-0.2, 0) is 4.74 Å². The predicted molar refractivity (Wildman–Crippen MR) is 58.4 cm³/mol. The lowest BCUT2D eigenvalue weighted by atomic mass is 10.3. The number of hydrogen-bond acceptors (Lipinski definition) is 4. The minimum Gasteiger partial charge on any atom is -0.380 e. The van der Waals surface area contributed by atoms with Crippen LogP contribution in [0.4, 0.5) is 0 Å². The molecule has 1 fully saturated rings. The van der Waals surface area contributed by atoms with Crippen molar-refractivity contribution in [3.63, 3.8) is 0 Å². The first kappa shape index (κ1) is 11.9. The van der Waals surface area contributed by atoms with Gasteiger partial charge in [0.15, 0.2) is 0 Å². The van der Waals surface area contributed by atoms with E-state index in [1.165, 1.54) is 26.2 Å². The second-order valence-electron chi connectivity index (χ2n) is 3.90. The molecule has 0 aromatic heterocycles. The van der Waals surface area contributed by atoms with Crippen LogP contribution in [0.15, 0.2) is 0 Å². The Morgan fingerprint density at radius 3 is 2.50 bits per heavy atom. The lowest BCUT2D eigenvalue weighted by molar-refractivity contribution is 0.0815. The summed E-state index contributed by atoms with van der Waals surface area (Å²) in [4.78, 5) is 4.83. The lowest BCUT2D eigenvalue weighted by Crippen LogP contribution is -2.45. The fraction of sp³-hybridized carbons (Fsp3) is 1.00. The number of nitrogens with two attached hydrogens (primary N) is 1. The molecule has 0 atom stereocenters. The molecule has 1 aliphatic rings. The van der Waals surface area contributed by atoms with Crippen molar-refractivity contribution in [1.29, 1.82) is 0 Å². The summed E-state index contributed by atoms with van der Waals surface area (Å²) < 4.78 is 5.47. The van der Waals surface area contributed by atoms with E-state index in [1.807, 2.05) is 0 Å². The molecule has 1 heterocycles. The molecular weight excluding hydrogens is 178 g/mol. The third-order valence-corrected chi connectivity index (χ3v) is 2.64. The second-order valence-corrected chi connectivity index (χ2v) is 3.90. The summed E-state index contributed by atoms with van der Waals surface area (Å²) in [5.74, 6) is 0. The third kappa shape index (κ3) is 4.91. The summed E-state index contributed by atoms with van der Waals surface area (Å²) in [5, 5.41) is 0. The molecule has 0 aliphatic carbocycles. The largest absolute Gasteiger partial charge is 0.380 e. The highest BCUT2D eigenvalue weighted by Crippen LogP contribution is 1.98. The van der Waals surface area contributed by atoms with Gasteiger partial charge in [-0.3, -0.25) is 4.90 Å². The van der Waals surface area contributed by atoms with Gasteiger partial charge in [0.05, 0.1) is 6.61 Å². The Bertz CT molecular complexity index is 135. The summed E-state index contributed by atoms with van der Waals surface area (Å²) in [5.41, 5.74) is 5.37. The van der Waals surface area contributed by atoms with E-state index in [4.69, 9.17) is 10.5 Å². The highest BCUT2D eigenvalue weighted by molar-refractivity contribution is 4.68. The van der Waals surface area contributed by atoms with Gasteiger partial charge < -0.3 is 15.4 Å². The molecule has 1 aliphatic heterocycles. The van der Waals surface area contributed by atoms with Gasteiger partial charge in [0.2, 0.25) is 0 Å². The Balaban J connectivity index is 1.91. The Kier molecular flexibility index (Phi) is 6.10. The second kappa shape index (κ2) is 7.17. The average Bonchev–Trinajstić information content (AvgIpc) is 2.21. The highest BCUT2D eigenvalue weighted by Gasteiger charge is 2.12. The smallest absolute Gasteiger partial charge is 0.0593 e. The van der Waals surface area contributed by atoms with E-state index < -0.39 is 0 Å². The minimum absolute atomic E-state index is 0.731. The highest BCUT2D eigenvalue weighted by atomic mass is 16.5. The molecule has 0 amide bonds. The standard InChI is InChI=1S/C10H23N3O/c1-12-4-6-13(7-5-12)8-10-14-9-2-3-11/h2-11H2,1H3. The number of piperazine rings is 1. The fourth-order valence-corrected chi connectivity index (χ4v) is 1.55. The van der Waals surface area contributed by atoms with Gasteiger partial charge in [-0.15, -0.1) is 0 Å². The van der Waals surface area contributed by atoms with Crippen LogP contribution in [0, 0.1) is 0 Å². The van der Waals surface area contributed by atoms with Crippen molar-refractivity contribution in [1.82, 2.24) is 9.80 Å². The van der Waals surface area contributed by atoms with Crippen LogP contribution in [-0.4, -0.2) is 69.3 Å². The Hall–Kier alpha value is -0.160. The minimum atomic E-state index is 0.731. The first-order valence-electron chi connectivity index (χ1n) is 5.51. The van der Waals surface area contributed by atoms with Crippen molar-refractivity contribution in [3.05, 3.63) is 0 Å². The van der Waals surface area contributed by atoms with E-state index in [9.17, 15) is 0 Å². The van der Waals surface area contributed by atoms with E-state index in [1.54, 1.807) is 0 Å². The van der Waals surface area contributed by atoms with E-state index in [-0.39, 0.29) is 0 Å². The van der Waals surface area contributed by atoms with Crippen LogP contribution in [0.3, 0.4) is 0 Å². The summed E-state index contributed by atoms with van der Waals surface area (Å²) in [6.45, 7) is 8.18. The number of ether oxygens (including phenoxy) is 1. The van der Waals surface area contributed by atoms with Gasteiger partial charge in [0.1, 0.15) is 0 Å². The molecule has 14 heavy (non-hydrogen) atoms. The van der Waals surface area contributed by atoms with Crippen molar-refractivity contribution in [2.45, 2.75) is 6.42 Å². The monoisotopic (exact) mass is 201 g/mol. The zero-order valence-corrected chi connectivity index (χ0v) is 9.24. The van der Waals surface area contributed by atoms with Gasteiger partial charge >= 0.3 is 0 Å². The fourth-order valence-electron chi connectivity index (χ4n) is 1.55. The van der Waals surface area contributed by atoms with Crippen LogP contribution in [0.1, 0.15) is 6.42 Å². The molecule has 0 spiro atoms. The molecule has 0 aromatic carbocycles. The molecule has 1 saturated heterocycles. The number of nitrogens with zero attached hydrogens (tertiary/aromatic N) is 2. The van der Waals surface area contributed by atoms with E-state index in [2.05, 4.69) is 16.8 Å². The maximum absolute atomic E-state index is 5.47.